The molecule has 2 heterocycles. The number of methoxy groups -OCH3 is 1. The van der Waals surface area contributed by atoms with Crippen LogP contribution in [0.3, 0.4) is 0 Å². The SMILES string of the molecule is COc1ccc(C)cc1C(C)NC(=O)C1CCN(c2cnccn2)CC1. The third-order valence-corrected chi connectivity index (χ3v) is 4.95. The van der Waals surface area contributed by atoms with Crippen molar-refractivity contribution in [2.24, 2.45) is 5.92 Å². The van der Waals surface area contributed by atoms with Crippen molar-refractivity contribution in [1.82, 2.24) is 15.3 Å². The molecule has 0 saturated carbocycles. The number of anilines is 1. The summed E-state index contributed by atoms with van der Waals surface area (Å²) in [6.07, 6.45) is 6.78. The number of benzene rings is 1. The molecule has 1 fully saturated rings. The smallest absolute Gasteiger partial charge is 0.223 e. The Kier molecular flexibility index (Phi) is 5.71. The zero-order chi connectivity index (χ0) is 18.5. The van der Waals surface area contributed by atoms with Crippen LogP contribution >= 0.6 is 0 Å². The van der Waals surface area contributed by atoms with Gasteiger partial charge >= 0.3 is 0 Å². The Morgan fingerprint density at radius 3 is 2.73 bits per heavy atom. The van der Waals surface area contributed by atoms with E-state index in [2.05, 4.69) is 26.3 Å². The summed E-state index contributed by atoms with van der Waals surface area (Å²) in [5.41, 5.74) is 2.16. The fraction of sp³-hybridized carbons (Fsp3) is 0.450. The number of hydrogen-bond donors (Lipinski definition) is 1. The van der Waals surface area contributed by atoms with Crippen LogP contribution in [0.2, 0.25) is 0 Å². The minimum Gasteiger partial charge on any atom is -0.496 e. The maximum absolute atomic E-state index is 12.7. The van der Waals surface area contributed by atoms with Crippen LogP contribution in [0, 0.1) is 12.8 Å². The van der Waals surface area contributed by atoms with Crippen LogP contribution in [0.25, 0.3) is 0 Å². The molecule has 2 aromatic rings. The lowest BCUT2D eigenvalue weighted by molar-refractivity contribution is -0.126. The number of aryl methyl sites for hydroxylation is 1. The number of nitrogens with zero attached hydrogens (tertiary/aromatic N) is 3. The van der Waals surface area contributed by atoms with Crippen LogP contribution < -0.4 is 15.0 Å². The molecule has 1 N–H and O–H groups in total. The maximum atomic E-state index is 12.7. The number of piperidine rings is 1. The largest absolute Gasteiger partial charge is 0.496 e. The van der Waals surface area contributed by atoms with E-state index in [0.29, 0.717) is 0 Å². The quantitative estimate of drug-likeness (QED) is 0.894. The van der Waals surface area contributed by atoms with Crippen molar-refractivity contribution >= 4 is 11.7 Å². The summed E-state index contributed by atoms with van der Waals surface area (Å²) >= 11 is 0. The molecule has 1 aromatic carbocycles. The van der Waals surface area contributed by atoms with Gasteiger partial charge < -0.3 is 15.0 Å². The zero-order valence-electron chi connectivity index (χ0n) is 15.6. The van der Waals surface area contributed by atoms with Crippen LogP contribution in [0.4, 0.5) is 5.82 Å². The van der Waals surface area contributed by atoms with Crippen LogP contribution in [-0.4, -0.2) is 36.1 Å². The summed E-state index contributed by atoms with van der Waals surface area (Å²) in [4.78, 5) is 23.3. The van der Waals surface area contributed by atoms with E-state index >= 15 is 0 Å². The van der Waals surface area contributed by atoms with E-state index in [1.54, 1.807) is 25.7 Å². The fourth-order valence-electron chi connectivity index (χ4n) is 3.43. The molecule has 26 heavy (non-hydrogen) atoms. The second-order valence-electron chi connectivity index (χ2n) is 6.80. The number of rotatable bonds is 5. The van der Waals surface area contributed by atoms with E-state index in [-0.39, 0.29) is 17.9 Å². The van der Waals surface area contributed by atoms with Gasteiger partial charge in [0.15, 0.2) is 0 Å². The van der Waals surface area contributed by atoms with Crippen molar-refractivity contribution in [2.75, 3.05) is 25.1 Å². The van der Waals surface area contributed by atoms with Gasteiger partial charge in [0, 0.05) is 37.0 Å². The van der Waals surface area contributed by atoms with Gasteiger partial charge in [-0.3, -0.25) is 9.78 Å². The average molecular weight is 354 g/mol. The lowest BCUT2D eigenvalue weighted by Gasteiger charge is -2.32. The molecule has 0 bridgehead atoms. The molecule has 1 aliphatic rings. The first-order chi connectivity index (χ1) is 12.6. The molecular weight excluding hydrogens is 328 g/mol. The Morgan fingerprint density at radius 2 is 2.08 bits per heavy atom. The van der Waals surface area contributed by atoms with Crippen molar-refractivity contribution in [1.29, 1.82) is 0 Å². The number of nitrogens with one attached hydrogen (secondary N) is 1. The minimum atomic E-state index is -0.0876. The molecule has 1 atom stereocenters. The third kappa shape index (κ3) is 4.12. The first-order valence-electron chi connectivity index (χ1n) is 9.04. The number of aromatic nitrogens is 2. The highest BCUT2D eigenvalue weighted by Gasteiger charge is 2.27. The molecule has 1 saturated heterocycles. The Morgan fingerprint density at radius 1 is 1.31 bits per heavy atom. The molecule has 0 aliphatic carbocycles. The number of hydrogen-bond acceptors (Lipinski definition) is 5. The van der Waals surface area contributed by atoms with E-state index in [1.165, 1.54) is 0 Å². The molecule has 3 rings (SSSR count). The first kappa shape index (κ1) is 18.2. The molecule has 1 unspecified atom stereocenters. The van der Waals surface area contributed by atoms with Gasteiger partial charge in [-0.15, -0.1) is 0 Å². The first-order valence-corrected chi connectivity index (χ1v) is 9.04. The molecule has 1 aliphatic heterocycles. The van der Waals surface area contributed by atoms with E-state index < -0.39 is 0 Å². The Bertz CT molecular complexity index is 743. The number of amides is 1. The summed E-state index contributed by atoms with van der Waals surface area (Å²) in [6.45, 7) is 5.68. The van der Waals surface area contributed by atoms with Crippen molar-refractivity contribution in [3.8, 4) is 5.75 Å². The van der Waals surface area contributed by atoms with Gasteiger partial charge in [-0.1, -0.05) is 17.7 Å². The van der Waals surface area contributed by atoms with Crippen LogP contribution in [0.1, 0.15) is 36.9 Å². The van der Waals surface area contributed by atoms with Crippen LogP contribution in [0.5, 0.6) is 5.75 Å². The summed E-state index contributed by atoms with van der Waals surface area (Å²) < 4.78 is 5.44. The highest BCUT2D eigenvalue weighted by atomic mass is 16.5. The molecular formula is C20H26N4O2. The molecule has 6 heteroatoms. The van der Waals surface area contributed by atoms with Gasteiger partial charge in [-0.05, 0) is 32.8 Å². The lowest BCUT2D eigenvalue weighted by atomic mass is 9.95. The van der Waals surface area contributed by atoms with E-state index in [0.717, 1.165) is 48.6 Å². The summed E-state index contributed by atoms with van der Waals surface area (Å²) in [6, 6.07) is 5.95. The van der Waals surface area contributed by atoms with Crippen molar-refractivity contribution in [3.63, 3.8) is 0 Å². The second kappa shape index (κ2) is 8.17. The van der Waals surface area contributed by atoms with E-state index in [4.69, 9.17) is 4.74 Å². The number of carbonyl (C=O) groups is 1. The standard InChI is InChI=1S/C20H26N4O2/c1-14-4-5-18(26-3)17(12-14)15(2)23-20(25)16-6-10-24(11-7-16)19-13-21-8-9-22-19/h4-5,8-9,12-13,15-16H,6-7,10-11H2,1-3H3,(H,23,25). The van der Waals surface area contributed by atoms with Crippen molar-refractivity contribution in [2.45, 2.75) is 32.7 Å². The van der Waals surface area contributed by atoms with Gasteiger partial charge in [0.25, 0.3) is 0 Å². The van der Waals surface area contributed by atoms with Gasteiger partial charge in [0.1, 0.15) is 11.6 Å². The van der Waals surface area contributed by atoms with E-state index in [9.17, 15) is 4.79 Å². The molecule has 1 amide bonds. The predicted molar refractivity (Wildman–Crippen MR) is 101 cm³/mol. The van der Waals surface area contributed by atoms with Gasteiger partial charge in [0.2, 0.25) is 5.91 Å². The lowest BCUT2D eigenvalue weighted by Crippen LogP contribution is -2.41. The van der Waals surface area contributed by atoms with Crippen molar-refractivity contribution < 1.29 is 9.53 Å². The summed E-state index contributed by atoms with van der Waals surface area (Å²) in [5, 5.41) is 3.16. The van der Waals surface area contributed by atoms with Gasteiger partial charge in [-0.25, -0.2) is 4.98 Å². The Balaban J connectivity index is 1.58. The van der Waals surface area contributed by atoms with Crippen LogP contribution in [-0.2, 0) is 4.79 Å². The Hall–Kier alpha value is -2.63. The number of carbonyl (C=O) groups excluding carboxylic acids is 1. The maximum Gasteiger partial charge on any atom is 0.223 e. The zero-order valence-corrected chi connectivity index (χ0v) is 15.6. The van der Waals surface area contributed by atoms with Gasteiger partial charge in [0.05, 0.1) is 19.3 Å². The molecule has 0 radical (unpaired) electrons. The van der Waals surface area contributed by atoms with E-state index in [1.807, 2.05) is 26.0 Å². The average Bonchev–Trinajstić information content (AvgIpc) is 2.68. The monoisotopic (exact) mass is 354 g/mol. The molecule has 1 aromatic heterocycles. The topological polar surface area (TPSA) is 67.3 Å². The molecule has 138 valence electrons. The van der Waals surface area contributed by atoms with Crippen molar-refractivity contribution in [3.05, 3.63) is 47.9 Å². The molecule has 6 nitrogen and oxygen atoms in total. The van der Waals surface area contributed by atoms with Crippen LogP contribution in [0.15, 0.2) is 36.8 Å². The highest BCUT2D eigenvalue weighted by Crippen LogP contribution is 2.27. The minimum absolute atomic E-state index is 0.0289. The van der Waals surface area contributed by atoms with Gasteiger partial charge in [-0.2, -0.15) is 0 Å². The Labute approximate surface area is 154 Å². The number of ether oxygens (including phenoxy) is 1. The molecule has 0 spiro atoms. The second-order valence-corrected chi connectivity index (χ2v) is 6.80. The summed E-state index contributed by atoms with van der Waals surface area (Å²) in [5.74, 6) is 1.83. The normalized spacial score (nSPS) is 16.2. The fourth-order valence-corrected chi connectivity index (χ4v) is 3.43. The predicted octanol–water partition coefficient (Wildman–Crippen LogP) is 2.89. The highest BCUT2D eigenvalue weighted by molar-refractivity contribution is 5.79. The summed E-state index contributed by atoms with van der Waals surface area (Å²) in [7, 11) is 1.66. The third-order valence-electron chi connectivity index (χ3n) is 4.95.